The summed E-state index contributed by atoms with van der Waals surface area (Å²) in [5.74, 6) is 0. The lowest BCUT2D eigenvalue weighted by molar-refractivity contribution is 0.0516. The van der Waals surface area contributed by atoms with Crippen LogP contribution in [0, 0.1) is 0 Å². The third-order valence-corrected chi connectivity index (χ3v) is 2.43. The zero-order valence-corrected chi connectivity index (χ0v) is 10.2. The molecule has 1 rings (SSSR count). The van der Waals surface area contributed by atoms with Crippen molar-refractivity contribution in [3.63, 3.8) is 0 Å². The third kappa shape index (κ3) is 4.79. The lowest BCUT2D eigenvalue weighted by Crippen LogP contribution is -2.36. The second-order valence-corrected chi connectivity index (χ2v) is 5.26. The Morgan fingerprint density at radius 2 is 2.25 bits per heavy atom. The summed E-state index contributed by atoms with van der Waals surface area (Å²) in [6.07, 6.45) is 0.365. The number of hydrogen-bond acceptors (Lipinski definition) is 3. The Labute approximate surface area is 95.9 Å². The van der Waals surface area contributed by atoms with E-state index in [-0.39, 0.29) is 0 Å². The van der Waals surface area contributed by atoms with Crippen LogP contribution < -0.4 is 10.6 Å². The average molecular weight is 232 g/mol. The minimum atomic E-state index is -1.17. The van der Waals surface area contributed by atoms with E-state index in [0.29, 0.717) is 32.5 Å². The molecule has 94 valence electrons. The summed E-state index contributed by atoms with van der Waals surface area (Å²) in [4.78, 5) is 11.3. The first-order valence-corrected chi connectivity index (χ1v) is 5.67. The van der Waals surface area contributed by atoms with Crippen LogP contribution in [0.25, 0.3) is 0 Å². The van der Waals surface area contributed by atoms with Gasteiger partial charge in [-0.15, -0.1) is 0 Å². The molecule has 0 aromatic carbocycles. The van der Waals surface area contributed by atoms with Crippen LogP contribution in [0.5, 0.6) is 0 Å². The zero-order valence-electron chi connectivity index (χ0n) is 10.2. The Bertz CT molecular complexity index is 245. The molecule has 1 saturated heterocycles. The maximum atomic E-state index is 13.8. The van der Waals surface area contributed by atoms with Gasteiger partial charge in [-0.1, -0.05) is 0 Å². The van der Waals surface area contributed by atoms with E-state index in [2.05, 4.69) is 10.6 Å². The fraction of sp³-hybridized carbons (Fsp3) is 0.909. The highest BCUT2D eigenvalue weighted by Gasteiger charge is 2.33. The highest BCUT2D eigenvalue weighted by atomic mass is 19.1. The van der Waals surface area contributed by atoms with Crippen molar-refractivity contribution in [2.75, 3.05) is 19.6 Å². The zero-order chi connectivity index (χ0) is 12.2. The lowest BCUT2D eigenvalue weighted by atomic mass is 10.0. The van der Waals surface area contributed by atoms with Crippen molar-refractivity contribution in [1.82, 2.24) is 10.6 Å². The van der Waals surface area contributed by atoms with Gasteiger partial charge in [-0.25, -0.2) is 9.18 Å². The van der Waals surface area contributed by atoms with E-state index in [1.165, 1.54) is 0 Å². The molecule has 0 radical (unpaired) electrons. The molecule has 0 aromatic rings. The molecule has 0 aliphatic carbocycles. The van der Waals surface area contributed by atoms with Crippen LogP contribution in [-0.4, -0.2) is 37.0 Å². The fourth-order valence-corrected chi connectivity index (χ4v) is 1.63. The van der Waals surface area contributed by atoms with Gasteiger partial charge in [0.05, 0.1) is 0 Å². The summed E-state index contributed by atoms with van der Waals surface area (Å²) in [6, 6.07) is 0. The minimum Gasteiger partial charge on any atom is -0.444 e. The van der Waals surface area contributed by atoms with E-state index in [9.17, 15) is 9.18 Å². The lowest BCUT2D eigenvalue weighted by Gasteiger charge is -2.21. The van der Waals surface area contributed by atoms with Gasteiger partial charge in [0.2, 0.25) is 0 Å². The van der Waals surface area contributed by atoms with Gasteiger partial charge in [-0.2, -0.15) is 0 Å². The maximum Gasteiger partial charge on any atom is 0.407 e. The molecule has 4 nitrogen and oxygen atoms in total. The molecule has 0 saturated carbocycles. The third-order valence-electron chi connectivity index (χ3n) is 2.43. The predicted molar refractivity (Wildman–Crippen MR) is 60.2 cm³/mol. The number of rotatable bonds is 3. The number of nitrogens with one attached hydrogen (secondary N) is 2. The van der Waals surface area contributed by atoms with Crippen LogP contribution in [0.15, 0.2) is 0 Å². The molecule has 1 amide bonds. The number of halogens is 1. The molecule has 1 aliphatic rings. The number of amides is 1. The highest BCUT2D eigenvalue weighted by molar-refractivity contribution is 5.67. The first-order valence-electron chi connectivity index (χ1n) is 5.67. The van der Waals surface area contributed by atoms with E-state index in [1.807, 2.05) is 0 Å². The molecule has 2 N–H and O–H groups in total. The fourth-order valence-electron chi connectivity index (χ4n) is 1.63. The summed E-state index contributed by atoms with van der Waals surface area (Å²) in [5.41, 5.74) is -1.68. The van der Waals surface area contributed by atoms with Gasteiger partial charge in [0.25, 0.3) is 0 Å². The van der Waals surface area contributed by atoms with E-state index < -0.39 is 17.4 Å². The summed E-state index contributed by atoms with van der Waals surface area (Å²) in [5, 5.41) is 5.53. The Balaban J connectivity index is 2.18. The van der Waals surface area contributed by atoms with E-state index >= 15 is 0 Å². The van der Waals surface area contributed by atoms with Crippen molar-refractivity contribution >= 4 is 6.09 Å². The Morgan fingerprint density at radius 3 is 2.75 bits per heavy atom. The van der Waals surface area contributed by atoms with Crippen LogP contribution in [0.3, 0.4) is 0 Å². The molecule has 1 unspecified atom stereocenters. The second-order valence-electron chi connectivity index (χ2n) is 5.26. The van der Waals surface area contributed by atoms with Gasteiger partial charge in [0.15, 0.2) is 0 Å². The standard InChI is InChI=1S/C11H21FN2O2/c1-10(2,3)16-9(15)14-7-5-11(12)4-6-13-8-11/h13H,4-8H2,1-3H3,(H,14,15). The van der Waals surface area contributed by atoms with Gasteiger partial charge in [-0.3, -0.25) is 0 Å². The van der Waals surface area contributed by atoms with Gasteiger partial charge >= 0.3 is 6.09 Å². The Morgan fingerprint density at radius 1 is 1.56 bits per heavy atom. The van der Waals surface area contributed by atoms with Gasteiger partial charge in [-0.05, 0) is 33.7 Å². The second kappa shape index (κ2) is 4.99. The van der Waals surface area contributed by atoms with Crippen LogP contribution >= 0.6 is 0 Å². The molecule has 1 atom stereocenters. The van der Waals surface area contributed by atoms with Gasteiger partial charge < -0.3 is 15.4 Å². The number of carbonyl (C=O) groups is 1. The molecule has 1 aliphatic heterocycles. The monoisotopic (exact) mass is 232 g/mol. The van der Waals surface area contributed by atoms with Gasteiger partial charge in [0.1, 0.15) is 11.3 Å². The molecule has 16 heavy (non-hydrogen) atoms. The largest absolute Gasteiger partial charge is 0.444 e. The molecule has 0 spiro atoms. The van der Waals surface area contributed by atoms with Crippen molar-refractivity contribution in [3.8, 4) is 0 Å². The van der Waals surface area contributed by atoms with E-state index in [1.54, 1.807) is 20.8 Å². The van der Waals surface area contributed by atoms with Crippen LogP contribution in [0.4, 0.5) is 9.18 Å². The van der Waals surface area contributed by atoms with Crippen molar-refractivity contribution in [1.29, 1.82) is 0 Å². The molecule has 0 aromatic heterocycles. The van der Waals surface area contributed by atoms with Crippen molar-refractivity contribution < 1.29 is 13.9 Å². The van der Waals surface area contributed by atoms with Crippen molar-refractivity contribution in [2.24, 2.45) is 0 Å². The van der Waals surface area contributed by atoms with Crippen LogP contribution in [0.1, 0.15) is 33.6 Å². The molecular weight excluding hydrogens is 211 g/mol. The maximum absolute atomic E-state index is 13.8. The quantitative estimate of drug-likeness (QED) is 0.777. The first-order chi connectivity index (χ1) is 7.31. The highest BCUT2D eigenvalue weighted by Crippen LogP contribution is 2.23. The summed E-state index contributed by atoms with van der Waals surface area (Å²) in [7, 11) is 0. The average Bonchev–Trinajstić information content (AvgIpc) is 2.49. The number of carbonyl (C=O) groups excluding carboxylic acids is 1. The van der Waals surface area contributed by atoms with Crippen LogP contribution in [0.2, 0.25) is 0 Å². The molecule has 1 fully saturated rings. The van der Waals surface area contributed by atoms with Gasteiger partial charge in [0, 0.05) is 19.5 Å². The predicted octanol–water partition coefficient (Wildman–Crippen LogP) is 1.60. The Hall–Kier alpha value is -0.840. The smallest absolute Gasteiger partial charge is 0.407 e. The Kier molecular flexibility index (Phi) is 4.13. The minimum absolute atomic E-state index is 0.313. The molecular formula is C11H21FN2O2. The topological polar surface area (TPSA) is 50.4 Å². The van der Waals surface area contributed by atoms with Crippen molar-refractivity contribution in [2.45, 2.75) is 44.9 Å². The normalized spacial score (nSPS) is 25.5. The number of ether oxygens (including phenoxy) is 1. The number of alkyl carbamates (subject to hydrolysis) is 1. The molecule has 0 bridgehead atoms. The summed E-state index contributed by atoms with van der Waals surface area (Å²) < 4.78 is 18.9. The van der Waals surface area contributed by atoms with E-state index in [0.717, 1.165) is 0 Å². The number of alkyl halides is 1. The summed E-state index contributed by atoms with van der Waals surface area (Å²) >= 11 is 0. The van der Waals surface area contributed by atoms with Crippen molar-refractivity contribution in [3.05, 3.63) is 0 Å². The SMILES string of the molecule is CC(C)(C)OC(=O)NCCC1(F)CCNC1. The summed E-state index contributed by atoms with van der Waals surface area (Å²) in [6.45, 7) is 6.79. The molecule has 5 heteroatoms. The van der Waals surface area contributed by atoms with E-state index in [4.69, 9.17) is 4.74 Å². The first kappa shape index (κ1) is 13.2. The number of hydrogen-bond donors (Lipinski definition) is 2. The van der Waals surface area contributed by atoms with Crippen LogP contribution in [-0.2, 0) is 4.74 Å². The molecule has 1 heterocycles.